The Labute approximate surface area is 156 Å². The molecule has 0 saturated carbocycles. The van der Waals surface area contributed by atoms with Crippen molar-refractivity contribution in [1.29, 1.82) is 0 Å². The number of pyridine rings is 1. The fourth-order valence-corrected chi connectivity index (χ4v) is 2.85. The first-order valence-electron chi connectivity index (χ1n) is 7.84. The van der Waals surface area contributed by atoms with Gasteiger partial charge in [-0.25, -0.2) is 4.79 Å². The molecule has 1 heterocycles. The van der Waals surface area contributed by atoms with Gasteiger partial charge in [0, 0.05) is 23.1 Å². The third kappa shape index (κ3) is 3.50. The molecule has 2 aromatic carbocycles. The van der Waals surface area contributed by atoms with Crippen LogP contribution in [0.4, 0.5) is 5.69 Å². The number of nitro benzene ring substituents is 1. The number of esters is 1. The second kappa shape index (κ2) is 7.93. The van der Waals surface area contributed by atoms with Gasteiger partial charge in [0.1, 0.15) is 0 Å². The van der Waals surface area contributed by atoms with Crippen LogP contribution in [0.2, 0.25) is 0 Å². The van der Waals surface area contributed by atoms with Gasteiger partial charge in [-0.05, 0) is 25.5 Å². The molecule has 3 aromatic rings. The molecule has 134 valence electrons. The van der Waals surface area contributed by atoms with Crippen molar-refractivity contribution in [2.45, 2.75) is 13.8 Å². The number of rotatable bonds is 4. The van der Waals surface area contributed by atoms with Crippen LogP contribution in [0, 0.1) is 17.0 Å². The van der Waals surface area contributed by atoms with Crippen LogP contribution >= 0.6 is 12.4 Å². The van der Waals surface area contributed by atoms with E-state index in [1.807, 2.05) is 30.3 Å². The standard InChI is InChI=1S/C19H16N2O4.ClH/c1-3-25-19(22)17-12(2)20-16-10-9-14(21(23)24)11-15(16)18(17)13-7-5-4-6-8-13;/h4-11H,3H2,1-2H3;1H. The summed E-state index contributed by atoms with van der Waals surface area (Å²) in [7, 11) is 0. The number of benzene rings is 2. The zero-order valence-electron chi connectivity index (χ0n) is 14.3. The van der Waals surface area contributed by atoms with Crippen molar-refractivity contribution >= 4 is 35.0 Å². The minimum Gasteiger partial charge on any atom is -0.462 e. The van der Waals surface area contributed by atoms with Crippen LogP contribution in [0.1, 0.15) is 23.0 Å². The normalized spacial score (nSPS) is 10.2. The highest BCUT2D eigenvalue weighted by Gasteiger charge is 2.22. The summed E-state index contributed by atoms with van der Waals surface area (Å²) >= 11 is 0. The molecular formula is C19H17ClN2O4. The average Bonchev–Trinajstić information content (AvgIpc) is 2.61. The largest absolute Gasteiger partial charge is 0.462 e. The molecule has 1 aromatic heterocycles. The molecule has 0 radical (unpaired) electrons. The Morgan fingerprint density at radius 3 is 2.50 bits per heavy atom. The van der Waals surface area contributed by atoms with E-state index < -0.39 is 10.9 Å². The Morgan fingerprint density at radius 2 is 1.88 bits per heavy atom. The number of carbonyl (C=O) groups is 1. The number of non-ortho nitro benzene ring substituents is 1. The van der Waals surface area contributed by atoms with E-state index in [0.717, 1.165) is 5.56 Å². The van der Waals surface area contributed by atoms with E-state index in [1.54, 1.807) is 19.9 Å². The van der Waals surface area contributed by atoms with Gasteiger partial charge in [-0.3, -0.25) is 15.1 Å². The summed E-state index contributed by atoms with van der Waals surface area (Å²) in [5, 5.41) is 11.7. The average molecular weight is 373 g/mol. The number of nitrogens with zero attached hydrogens (tertiary/aromatic N) is 2. The van der Waals surface area contributed by atoms with E-state index in [1.165, 1.54) is 12.1 Å². The molecule has 0 unspecified atom stereocenters. The number of fused-ring (bicyclic) bond motifs is 1. The second-order valence-corrected chi connectivity index (χ2v) is 5.49. The van der Waals surface area contributed by atoms with Gasteiger partial charge in [-0.2, -0.15) is 0 Å². The monoisotopic (exact) mass is 372 g/mol. The smallest absolute Gasteiger partial charge is 0.340 e. The molecule has 0 bridgehead atoms. The molecule has 7 heteroatoms. The van der Waals surface area contributed by atoms with Crippen molar-refractivity contribution in [2.75, 3.05) is 6.61 Å². The number of hydrogen-bond acceptors (Lipinski definition) is 5. The van der Waals surface area contributed by atoms with Crippen molar-refractivity contribution < 1.29 is 14.5 Å². The molecule has 0 aliphatic rings. The second-order valence-electron chi connectivity index (χ2n) is 5.49. The highest BCUT2D eigenvalue weighted by molar-refractivity contribution is 6.08. The van der Waals surface area contributed by atoms with E-state index in [0.29, 0.717) is 27.7 Å². The minimum atomic E-state index is -0.486. The van der Waals surface area contributed by atoms with Crippen molar-refractivity contribution in [1.82, 2.24) is 4.98 Å². The summed E-state index contributed by atoms with van der Waals surface area (Å²) < 4.78 is 5.18. The van der Waals surface area contributed by atoms with Gasteiger partial charge in [-0.15, -0.1) is 12.4 Å². The van der Waals surface area contributed by atoms with Gasteiger partial charge < -0.3 is 4.74 Å². The third-order valence-corrected chi connectivity index (χ3v) is 3.90. The number of hydrogen-bond donors (Lipinski definition) is 0. The van der Waals surface area contributed by atoms with E-state index in [9.17, 15) is 14.9 Å². The highest BCUT2D eigenvalue weighted by atomic mass is 35.5. The number of aromatic nitrogens is 1. The van der Waals surface area contributed by atoms with Crippen molar-refractivity contribution in [3.05, 3.63) is 69.9 Å². The predicted molar refractivity (Wildman–Crippen MR) is 102 cm³/mol. The number of nitro groups is 1. The molecular weight excluding hydrogens is 356 g/mol. The molecule has 0 fully saturated rings. The highest BCUT2D eigenvalue weighted by Crippen LogP contribution is 2.35. The zero-order chi connectivity index (χ0) is 18.0. The first-order chi connectivity index (χ1) is 12.0. The maximum Gasteiger partial charge on any atom is 0.340 e. The maximum absolute atomic E-state index is 12.5. The van der Waals surface area contributed by atoms with Crippen LogP contribution in [-0.4, -0.2) is 22.5 Å². The van der Waals surface area contributed by atoms with Crippen LogP contribution in [0.3, 0.4) is 0 Å². The number of aryl methyl sites for hydroxylation is 1. The molecule has 0 aliphatic heterocycles. The van der Waals surface area contributed by atoms with Gasteiger partial charge in [0.25, 0.3) is 5.69 Å². The van der Waals surface area contributed by atoms with Crippen LogP contribution in [0.25, 0.3) is 22.0 Å². The van der Waals surface area contributed by atoms with Crippen molar-refractivity contribution in [2.24, 2.45) is 0 Å². The zero-order valence-corrected chi connectivity index (χ0v) is 15.1. The fourth-order valence-electron chi connectivity index (χ4n) is 2.85. The molecule has 0 amide bonds. The Balaban J connectivity index is 0.00000243. The number of carbonyl (C=O) groups excluding carboxylic acids is 1. The summed E-state index contributed by atoms with van der Waals surface area (Å²) in [5.74, 6) is -0.486. The Morgan fingerprint density at radius 1 is 1.19 bits per heavy atom. The van der Waals surface area contributed by atoms with E-state index in [2.05, 4.69) is 4.98 Å². The topological polar surface area (TPSA) is 82.3 Å². The maximum atomic E-state index is 12.5. The van der Waals surface area contributed by atoms with Crippen LogP contribution < -0.4 is 0 Å². The quantitative estimate of drug-likeness (QED) is 0.376. The number of ether oxygens (including phenoxy) is 1. The first-order valence-corrected chi connectivity index (χ1v) is 7.84. The van der Waals surface area contributed by atoms with Gasteiger partial charge in [0.2, 0.25) is 0 Å². The van der Waals surface area contributed by atoms with Crippen LogP contribution in [0.5, 0.6) is 0 Å². The summed E-state index contributed by atoms with van der Waals surface area (Å²) in [6.45, 7) is 3.70. The SMILES string of the molecule is CCOC(=O)c1c(C)nc2ccc([N+](=O)[O-])cc2c1-c1ccccc1.Cl. The van der Waals surface area contributed by atoms with Gasteiger partial charge >= 0.3 is 5.97 Å². The lowest BCUT2D eigenvalue weighted by molar-refractivity contribution is -0.384. The predicted octanol–water partition coefficient (Wildman–Crippen LogP) is 4.72. The fraction of sp³-hybridized carbons (Fsp3) is 0.158. The molecule has 3 rings (SSSR count). The van der Waals surface area contributed by atoms with Crippen LogP contribution in [-0.2, 0) is 4.74 Å². The molecule has 0 spiro atoms. The lowest BCUT2D eigenvalue weighted by Gasteiger charge is -2.14. The summed E-state index contributed by atoms with van der Waals surface area (Å²) in [5.41, 5.74) is 2.78. The van der Waals surface area contributed by atoms with Crippen molar-refractivity contribution in [3.63, 3.8) is 0 Å². The van der Waals surface area contributed by atoms with E-state index in [4.69, 9.17) is 4.74 Å². The molecule has 26 heavy (non-hydrogen) atoms. The Hall–Kier alpha value is -2.99. The first kappa shape index (κ1) is 19.3. The summed E-state index contributed by atoms with van der Waals surface area (Å²) in [6, 6.07) is 13.7. The van der Waals surface area contributed by atoms with E-state index in [-0.39, 0.29) is 24.7 Å². The molecule has 6 nitrogen and oxygen atoms in total. The van der Waals surface area contributed by atoms with Crippen LogP contribution in [0.15, 0.2) is 48.5 Å². The third-order valence-electron chi connectivity index (χ3n) is 3.90. The van der Waals surface area contributed by atoms with Gasteiger partial charge in [-0.1, -0.05) is 30.3 Å². The van der Waals surface area contributed by atoms with Crippen molar-refractivity contribution in [3.8, 4) is 11.1 Å². The summed E-state index contributed by atoms with van der Waals surface area (Å²) in [6.07, 6.45) is 0. The Bertz CT molecular complexity index is 974. The molecule has 0 atom stereocenters. The lowest BCUT2D eigenvalue weighted by Crippen LogP contribution is -2.10. The summed E-state index contributed by atoms with van der Waals surface area (Å²) in [4.78, 5) is 27.7. The molecule has 0 N–H and O–H groups in total. The minimum absolute atomic E-state index is 0. The Kier molecular flexibility index (Phi) is 5.90. The van der Waals surface area contributed by atoms with Gasteiger partial charge in [0.15, 0.2) is 0 Å². The molecule has 0 aliphatic carbocycles. The lowest BCUT2D eigenvalue weighted by atomic mass is 9.94. The van der Waals surface area contributed by atoms with E-state index >= 15 is 0 Å². The van der Waals surface area contributed by atoms with Gasteiger partial charge in [0.05, 0.1) is 28.3 Å². The molecule has 0 saturated heterocycles. The number of halogens is 1.